The zero-order valence-corrected chi connectivity index (χ0v) is 12.6. The highest BCUT2D eigenvalue weighted by atomic mass is 16.6. The summed E-state index contributed by atoms with van der Waals surface area (Å²) in [5.41, 5.74) is 7.19. The van der Waals surface area contributed by atoms with Gasteiger partial charge in [-0.25, -0.2) is 9.78 Å². The molecule has 1 aliphatic heterocycles. The van der Waals surface area contributed by atoms with Crippen LogP contribution in [0.15, 0.2) is 24.4 Å². The van der Waals surface area contributed by atoms with Gasteiger partial charge in [-0.2, -0.15) is 0 Å². The molecule has 2 N–H and O–H groups in total. The number of hydrogen-bond donors (Lipinski definition) is 1. The van der Waals surface area contributed by atoms with Gasteiger partial charge >= 0.3 is 6.09 Å². The zero-order valence-electron chi connectivity index (χ0n) is 12.6. The highest BCUT2D eigenvalue weighted by Crippen LogP contribution is 2.30. The first-order valence-electron chi connectivity index (χ1n) is 7.12. The lowest BCUT2D eigenvalue weighted by molar-refractivity contribution is -0.118. The number of methoxy groups -OCH3 is 1. The number of ether oxygens (including phenoxy) is 2. The van der Waals surface area contributed by atoms with E-state index in [1.807, 2.05) is 0 Å². The summed E-state index contributed by atoms with van der Waals surface area (Å²) in [4.78, 5) is 32.9. The highest BCUT2D eigenvalue weighted by molar-refractivity contribution is 5.80. The van der Waals surface area contributed by atoms with E-state index in [-0.39, 0.29) is 13.0 Å². The molecule has 0 bridgehead atoms. The number of pyridine rings is 2. The third-order valence-electron chi connectivity index (χ3n) is 3.66. The largest absolute Gasteiger partial charge is 0.481 e. The minimum Gasteiger partial charge on any atom is -0.481 e. The molecular weight excluding hydrogens is 300 g/mol. The molecule has 2 aromatic rings. The van der Waals surface area contributed by atoms with Crippen molar-refractivity contribution in [2.24, 2.45) is 5.73 Å². The Morgan fingerprint density at radius 3 is 3.04 bits per heavy atom. The van der Waals surface area contributed by atoms with Crippen LogP contribution in [0.3, 0.4) is 0 Å². The summed E-state index contributed by atoms with van der Waals surface area (Å²) in [5.74, 6) is 0.00340. The number of carbonyl (C=O) groups is 2. The van der Waals surface area contributed by atoms with Crippen molar-refractivity contribution in [3.05, 3.63) is 30.0 Å². The van der Waals surface area contributed by atoms with Crippen molar-refractivity contribution < 1.29 is 19.1 Å². The SMILES string of the molecule is COc1ccc2nccc(C3CN(CCC(N)=O)C(=O)O3)c2n1. The number of nitrogens with two attached hydrogens (primary N) is 1. The Morgan fingerprint density at radius 1 is 1.48 bits per heavy atom. The molecule has 8 nitrogen and oxygen atoms in total. The van der Waals surface area contributed by atoms with Crippen molar-refractivity contribution >= 4 is 23.0 Å². The lowest BCUT2D eigenvalue weighted by Crippen LogP contribution is -2.28. The summed E-state index contributed by atoms with van der Waals surface area (Å²) < 4.78 is 10.5. The zero-order chi connectivity index (χ0) is 16.4. The van der Waals surface area contributed by atoms with Crippen LogP contribution in [0.1, 0.15) is 18.1 Å². The molecule has 23 heavy (non-hydrogen) atoms. The van der Waals surface area contributed by atoms with E-state index < -0.39 is 18.1 Å². The summed E-state index contributed by atoms with van der Waals surface area (Å²) in [7, 11) is 1.53. The van der Waals surface area contributed by atoms with Crippen LogP contribution in [0.5, 0.6) is 5.88 Å². The fraction of sp³-hybridized carbons (Fsp3) is 0.333. The Kier molecular flexibility index (Phi) is 3.96. The van der Waals surface area contributed by atoms with Gasteiger partial charge in [0.25, 0.3) is 0 Å². The molecule has 0 aromatic carbocycles. The van der Waals surface area contributed by atoms with Crippen LogP contribution in [0.2, 0.25) is 0 Å². The van der Waals surface area contributed by atoms with Crippen molar-refractivity contribution in [2.75, 3.05) is 20.2 Å². The highest BCUT2D eigenvalue weighted by Gasteiger charge is 2.33. The van der Waals surface area contributed by atoms with Crippen LogP contribution >= 0.6 is 0 Å². The molecule has 0 radical (unpaired) electrons. The average molecular weight is 316 g/mol. The Labute approximate surface area is 132 Å². The minimum atomic E-state index is -0.472. The molecule has 0 saturated carbocycles. The summed E-state index contributed by atoms with van der Waals surface area (Å²) in [6, 6.07) is 5.29. The van der Waals surface area contributed by atoms with E-state index in [0.29, 0.717) is 23.5 Å². The molecule has 120 valence electrons. The summed E-state index contributed by atoms with van der Waals surface area (Å²) in [6.45, 7) is 0.578. The van der Waals surface area contributed by atoms with Gasteiger partial charge in [0.1, 0.15) is 6.10 Å². The fourth-order valence-electron chi connectivity index (χ4n) is 2.50. The predicted octanol–water partition coefficient (Wildman–Crippen LogP) is 1.01. The summed E-state index contributed by atoms with van der Waals surface area (Å²) >= 11 is 0. The molecule has 2 aromatic heterocycles. The third kappa shape index (κ3) is 3.01. The Balaban J connectivity index is 1.88. The predicted molar refractivity (Wildman–Crippen MR) is 80.7 cm³/mol. The second-order valence-electron chi connectivity index (χ2n) is 5.16. The van der Waals surface area contributed by atoms with E-state index in [1.54, 1.807) is 24.4 Å². The maximum absolute atomic E-state index is 11.9. The second kappa shape index (κ2) is 6.07. The monoisotopic (exact) mass is 316 g/mol. The van der Waals surface area contributed by atoms with Gasteiger partial charge in [0.05, 0.1) is 24.7 Å². The van der Waals surface area contributed by atoms with E-state index in [2.05, 4.69) is 9.97 Å². The molecule has 3 rings (SSSR count). The number of cyclic esters (lactones) is 1. The van der Waals surface area contributed by atoms with Crippen molar-refractivity contribution in [1.82, 2.24) is 14.9 Å². The quantitative estimate of drug-likeness (QED) is 0.882. The number of hydrogen-bond acceptors (Lipinski definition) is 6. The molecule has 8 heteroatoms. The lowest BCUT2D eigenvalue weighted by atomic mass is 10.1. The van der Waals surface area contributed by atoms with Crippen LogP contribution in [0.25, 0.3) is 11.0 Å². The van der Waals surface area contributed by atoms with Gasteiger partial charge in [-0.3, -0.25) is 9.78 Å². The molecule has 1 unspecified atom stereocenters. The van der Waals surface area contributed by atoms with Crippen LogP contribution in [-0.2, 0) is 9.53 Å². The van der Waals surface area contributed by atoms with E-state index >= 15 is 0 Å². The maximum atomic E-state index is 11.9. The van der Waals surface area contributed by atoms with Crippen molar-refractivity contribution in [1.29, 1.82) is 0 Å². The number of primary amides is 1. The van der Waals surface area contributed by atoms with Crippen LogP contribution in [0, 0.1) is 0 Å². The maximum Gasteiger partial charge on any atom is 0.410 e. The molecule has 3 heterocycles. The van der Waals surface area contributed by atoms with Gasteiger partial charge < -0.3 is 20.1 Å². The van der Waals surface area contributed by atoms with Crippen LogP contribution in [-0.4, -0.2) is 47.1 Å². The molecule has 1 aliphatic rings. The number of rotatable bonds is 5. The van der Waals surface area contributed by atoms with Crippen molar-refractivity contribution in [3.63, 3.8) is 0 Å². The van der Waals surface area contributed by atoms with E-state index in [9.17, 15) is 9.59 Å². The third-order valence-corrected chi connectivity index (χ3v) is 3.66. The molecule has 1 fully saturated rings. The van der Waals surface area contributed by atoms with Gasteiger partial charge in [-0.05, 0) is 12.1 Å². The van der Waals surface area contributed by atoms with Gasteiger partial charge in [-0.15, -0.1) is 0 Å². The van der Waals surface area contributed by atoms with Crippen LogP contribution < -0.4 is 10.5 Å². The van der Waals surface area contributed by atoms with Gasteiger partial charge in [0.2, 0.25) is 11.8 Å². The first kappa shape index (κ1) is 15.0. The molecule has 1 saturated heterocycles. The van der Waals surface area contributed by atoms with Crippen molar-refractivity contribution in [3.8, 4) is 5.88 Å². The normalized spacial score (nSPS) is 17.3. The van der Waals surface area contributed by atoms with E-state index in [1.165, 1.54) is 12.0 Å². The first-order valence-corrected chi connectivity index (χ1v) is 7.12. The van der Waals surface area contributed by atoms with Gasteiger partial charge in [0.15, 0.2) is 0 Å². The second-order valence-corrected chi connectivity index (χ2v) is 5.16. The first-order chi connectivity index (χ1) is 11.1. The van der Waals surface area contributed by atoms with E-state index in [0.717, 1.165) is 5.56 Å². The molecule has 0 aliphatic carbocycles. The molecular formula is C15H16N4O4. The Morgan fingerprint density at radius 2 is 2.30 bits per heavy atom. The number of amides is 2. The minimum absolute atomic E-state index is 0.102. The standard InChI is InChI=1S/C15H16N4O4/c1-22-13-3-2-10-14(18-13)9(4-6-17-10)11-8-19(15(21)23-11)7-5-12(16)20/h2-4,6,11H,5,7-8H2,1H3,(H2,16,20). The number of carbonyl (C=O) groups excluding carboxylic acids is 2. The molecule has 1 atom stereocenters. The smallest absolute Gasteiger partial charge is 0.410 e. The van der Waals surface area contributed by atoms with Crippen LogP contribution in [0.4, 0.5) is 4.79 Å². The number of aromatic nitrogens is 2. The number of nitrogens with zero attached hydrogens (tertiary/aromatic N) is 3. The van der Waals surface area contributed by atoms with E-state index in [4.69, 9.17) is 15.2 Å². The lowest BCUT2D eigenvalue weighted by Gasteiger charge is -2.12. The summed E-state index contributed by atoms with van der Waals surface area (Å²) in [5, 5.41) is 0. The van der Waals surface area contributed by atoms with Gasteiger partial charge in [0, 0.05) is 30.8 Å². The topological polar surface area (TPSA) is 108 Å². The van der Waals surface area contributed by atoms with Crippen molar-refractivity contribution in [2.45, 2.75) is 12.5 Å². The average Bonchev–Trinajstić information content (AvgIpc) is 2.92. The fourth-order valence-corrected chi connectivity index (χ4v) is 2.50. The van der Waals surface area contributed by atoms with Gasteiger partial charge in [-0.1, -0.05) is 0 Å². The summed E-state index contributed by atoms with van der Waals surface area (Å²) in [6.07, 6.45) is 0.807. The molecule has 0 spiro atoms. The Hall–Kier alpha value is -2.90. The molecule has 2 amide bonds. The Bertz CT molecular complexity index is 764. The number of fused-ring (bicyclic) bond motifs is 1.